The lowest BCUT2D eigenvalue weighted by Gasteiger charge is -2.16. The van der Waals surface area contributed by atoms with Crippen LogP contribution in [0.4, 0.5) is 0 Å². The summed E-state index contributed by atoms with van der Waals surface area (Å²) in [6.45, 7) is 1.20. The van der Waals surface area contributed by atoms with E-state index in [0.717, 1.165) is 5.56 Å². The minimum Gasteiger partial charge on any atom is -0.353 e. The molecule has 1 aliphatic rings. The highest BCUT2D eigenvalue weighted by Crippen LogP contribution is 2.27. The molecule has 0 aliphatic carbocycles. The van der Waals surface area contributed by atoms with Gasteiger partial charge < -0.3 is 15.5 Å². The largest absolute Gasteiger partial charge is 0.353 e. The van der Waals surface area contributed by atoms with Crippen LogP contribution in [0.15, 0.2) is 54.9 Å². The molecule has 140 valence electrons. The third-order valence-electron chi connectivity index (χ3n) is 4.48. The van der Waals surface area contributed by atoms with Gasteiger partial charge in [0.25, 0.3) is 5.91 Å². The minimum atomic E-state index is -0.238. The first kappa shape index (κ1) is 18.6. The van der Waals surface area contributed by atoms with E-state index < -0.39 is 0 Å². The Morgan fingerprint density at radius 3 is 2.59 bits per heavy atom. The Kier molecular flexibility index (Phi) is 6.14. The van der Waals surface area contributed by atoms with Crippen molar-refractivity contribution >= 4 is 17.7 Å². The van der Waals surface area contributed by atoms with Gasteiger partial charge in [-0.25, -0.2) is 0 Å². The van der Waals surface area contributed by atoms with Crippen molar-refractivity contribution in [2.45, 2.75) is 12.3 Å². The van der Waals surface area contributed by atoms with Crippen LogP contribution in [0.1, 0.15) is 28.3 Å². The van der Waals surface area contributed by atoms with E-state index in [4.69, 9.17) is 0 Å². The van der Waals surface area contributed by atoms with Crippen LogP contribution >= 0.6 is 0 Å². The zero-order chi connectivity index (χ0) is 19.1. The van der Waals surface area contributed by atoms with Gasteiger partial charge in [0.15, 0.2) is 0 Å². The Morgan fingerprint density at radius 2 is 1.85 bits per heavy atom. The standard InChI is InChI=1S/C20H22N4O3/c25-18(22-9-10-23-20(27)16-7-4-8-21-12-16)14-24-13-17(11-19(24)26)15-5-2-1-3-6-15/h1-8,12,17H,9-11,13-14H2,(H,22,25)(H,23,27). The monoisotopic (exact) mass is 366 g/mol. The molecule has 0 saturated carbocycles. The first-order chi connectivity index (χ1) is 13.1. The highest BCUT2D eigenvalue weighted by molar-refractivity contribution is 5.93. The summed E-state index contributed by atoms with van der Waals surface area (Å²) >= 11 is 0. The molecule has 1 aromatic carbocycles. The minimum absolute atomic E-state index is 0.0103. The number of pyridine rings is 1. The Balaban J connectivity index is 1.38. The molecule has 7 nitrogen and oxygen atoms in total. The molecule has 27 heavy (non-hydrogen) atoms. The Bertz CT molecular complexity index is 795. The molecular weight excluding hydrogens is 344 g/mol. The number of benzene rings is 1. The summed E-state index contributed by atoms with van der Waals surface area (Å²) in [5.41, 5.74) is 1.59. The molecule has 7 heteroatoms. The average molecular weight is 366 g/mol. The number of nitrogens with one attached hydrogen (secondary N) is 2. The number of rotatable bonds is 7. The van der Waals surface area contributed by atoms with Gasteiger partial charge in [0.2, 0.25) is 11.8 Å². The Labute approximate surface area is 157 Å². The summed E-state index contributed by atoms with van der Waals surface area (Å²) < 4.78 is 0. The van der Waals surface area contributed by atoms with Crippen molar-refractivity contribution in [3.8, 4) is 0 Å². The fourth-order valence-corrected chi connectivity index (χ4v) is 3.08. The van der Waals surface area contributed by atoms with E-state index in [0.29, 0.717) is 31.6 Å². The fourth-order valence-electron chi connectivity index (χ4n) is 3.08. The number of hydrogen-bond donors (Lipinski definition) is 2. The number of aromatic nitrogens is 1. The van der Waals surface area contributed by atoms with Crippen LogP contribution in [0, 0.1) is 0 Å². The van der Waals surface area contributed by atoms with E-state index in [1.54, 1.807) is 23.2 Å². The lowest BCUT2D eigenvalue weighted by molar-refractivity contribution is -0.133. The predicted molar refractivity (Wildman–Crippen MR) is 100.0 cm³/mol. The maximum Gasteiger partial charge on any atom is 0.252 e. The molecule has 2 aromatic rings. The van der Waals surface area contributed by atoms with Crippen molar-refractivity contribution in [1.82, 2.24) is 20.5 Å². The molecule has 0 radical (unpaired) electrons. The number of nitrogens with zero attached hydrogens (tertiary/aromatic N) is 2. The van der Waals surface area contributed by atoms with Crippen LogP contribution < -0.4 is 10.6 Å². The number of hydrogen-bond acceptors (Lipinski definition) is 4. The number of amides is 3. The first-order valence-corrected chi connectivity index (χ1v) is 8.91. The number of carbonyl (C=O) groups is 3. The summed E-state index contributed by atoms with van der Waals surface area (Å²) in [6, 6.07) is 13.2. The third-order valence-corrected chi connectivity index (χ3v) is 4.48. The van der Waals surface area contributed by atoms with Gasteiger partial charge in [0.05, 0.1) is 12.1 Å². The SMILES string of the molecule is O=C(CN1CC(c2ccccc2)CC1=O)NCCNC(=O)c1cccnc1. The van der Waals surface area contributed by atoms with Crippen molar-refractivity contribution in [3.05, 3.63) is 66.0 Å². The molecule has 0 spiro atoms. The van der Waals surface area contributed by atoms with Crippen LogP contribution in [0.3, 0.4) is 0 Å². The summed E-state index contributed by atoms with van der Waals surface area (Å²) in [5, 5.41) is 5.44. The van der Waals surface area contributed by atoms with Crippen LogP contribution in [0.5, 0.6) is 0 Å². The smallest absolute Gasteiger partial charge is 0.252 e. The second kappa shape index (κ2) is 8.93. The van der Waals surface area contributed by atoms with Gasteiger partial charge in [0, 0.05) is 44.4 Å². The van der Waals surface area contributed by atoms with E-state index in [-0.39, 0.29) is 30.2 Å². The van der Waals surface area contributed by atoms with E-state index in [2.05, 4.69) is 15.6 Å². The maximum atomic E-state index is 12.2. The van der Waals surface area contributed by atoms with Gasteiger partial charge in [-0.1, -0.05) is 30.3 Å². The third kappa shape index (κ3) is 5.13. The molecule has 1 unspecified atom stereocenters. The lowest BCUT2D eigenvalue weighted by Crippen LogP contribution is -2.41. The topological polar surface area (TPSA) is 91.4 Å². The predicted octanol–water partition coefficient (Wildman–Crippen LogP) is 0.944. The van der Waals surface area contributed by atoms with Crippen LogP contribution in [0.2, 0.25) is 0 Å². The fraction of sp³-hybridized carbons (Fsp3) is 0.300. The number of likely N-dealkylation sites (tertiary alicyclic amines) is 1. The molecule has 1 aromatic heterocycles. The highest BCUT2D eigenvalue weighted by Gasteiger charge is 2.31. The first-order valence-electron chi connectivity index (χ1n) is 8.91. The maximum absolute atomic E-state index is 12.2. The van der Waals surface area contributed by atoms with Crippen LogP contribution in [0.25, 0.3) is 0 Å². The summed E-state index contributed by atoms with van der Waals surface area (Å²) in [4.78, 5) is 41.6. The second-order valence-corrected chi connectivity index (χ2v) is 6.43. The van der Waals surface area contributed by atoms with Crippen molar-refractivity contribution < 1.29 is 14.4 Å². The summed E-state index contributed by atoms with van der Waals surface area (Å²) in [7, 11) is 0. The molecule has 2 N–H and O–H groups in total. The molecule has 1 atom stereocenters. The van der Waals surface area contributed by atoms with E-state index in [9.17, 15) is 14.4 Å². The molecule has 1 fully saturated rings. The van der Waals surface area contributed by atoms with Crippen molar-refractivity contribution in [1.29, 1.82) is 0 Å². The van der Waals surface area contributed by atoms with E-state index in [1.807, 2.05) is 30.3 Å². The van der Waals surface area contributed by atoms with Crippen LogP contribution in [-0.4, -0.2) is 53.8 Å². The zero-order valence-corrected chi connectivity index (χ0v) is 14.9. The molecular formula is C20H22N4O3. The lowest BCUT2D eigenvalue weighted by atomic mass is 9.99. The van der Waals surface area contributed by atoms with Gasteiger partial charge in [-0.15, -0.1) is 0 Å². The quantitative estimate of drug-likeness (QED) is 0.714. The molecule has 3 rings (SSSR count). The highest BCUT2D eigenvalue weighted by atomic mass is 16.2. The van der Waals surface area contributed by atoms with Crippen LogP contribution in [-0.2, 0) is 9.59 Å². The summed E-state index contributed by atoms with van der Waals surface area (Å²) in [5.74, 6) is -0.348. The summed E-state index contributed by atoms with van der Waals surface area (Å²) in [6.07, 6.45) is 3.51. The molecule has 1 saturated heterocycles. The van der Waals surface area contributed by atoms with Gasteiger partial charge in [-0.3, -0.25) is 19.4 Å². The van der Waals surface area contributed by atoms with Gasteiger partial charge in [-0.05, 0) is 17.7 Å². The Morgan fingerprint density at radius 1 is 1.07 bits per heavy atom. The Hall–Kier alpha value is -3.22. The average Bonchev–Trinajstić information content (AvgIpc) is 3.07. The van der Waals surface area contributed by atoms with Gasteiger partial charge in [0.1, 0.15) is 0 Å². The number of carbonyl (C=O) groups excluding carboxylic acids is 3. The molecule has 2 heterocycles. The van der Waals surface area contributed by atoms with E-state index >= 15 is 0 Å². The zero-order valence-electron chi connectivity index (χ0n) is 14.9. The van der Waals surface area contributed by atoms with E-state index in [1.165, 1.54) is 6.20 Å². The normalized spacial score (nSPS) is 16.2. The molecule has 3 amide bonds. The molecule has 0 bridgehead atoms. The van der Waals surface area contributed by atoms with Crippen molar-refractivity contribution in [2.24, 2.45) is 0 Å². The van der Waals surface area contributed by atoms with Crippen molar-refractivity contribution in [3.63, 3.8) is 0 Å². The van der Waals surface area contributed by atoms with Crippen molar-refractivity contribution in [2.75, 3.05) is 26.2 Å². The van der Waals surface area contributed by atoms with Gasteiger partial charge in [-0.2, -0.15) is 0 Å². The van der Waals surface area contributed by atoms with Gasteiger partial charge >= 0.3 is 0 Å². The molecule has 1 aliphatic heterocycles. The second-order valence-electron chi connectivity index (χ2n) is 6.43.